The van der Waals surface area contributed by atoms with E-state index in [2.05, 4.69) is 11.9 Å². The Morgan fingerprint density at radius 3 is 2.06 bits per heavy atom. The number of carbonyl (C=O) groups is 1. The molecular weight excluding hydrogens is 495 g/mol. The fourth-order valence-electron chi connectivity index (χ4n) is 1.87. The van der Waals surface area contributed by atoms with Crippen LogP contribution in [0.3, 0.4) is 0 Å². The molecule has 0 rings (SSSR count). The van der Waals surface area contributed by atoms with E-state index < -0.39 is 46.5 Å². The summed E-state index contributed by atoms with van der Waals surface area (Å²) >= 11 is 0. The van der Waals surface area contributed by atoms with Crippen LogP contribution in [0.15, 0.2) is 12.3 Å². The van der Waals surface area contributed by atoms with Gasteiger partial charge in [0.25, 0.3) is 5.08 Å². The monoisotopic (exact) mass is 527 g/mol. The van der Waals surface area contributed by atoms with Gasteiger partial charge in [0.05, 0.1) is 19.0 Å². The average Bonchev–Trinajstić information content (AvgIpc) is 2.67. The van der Waals surface area contributed by atoms with Gasteiger partial charge in [-0.05, 0) is 0 Å². The van der Waals surface area contributed by atoms with Gasteiger partial charge in [-0.25, -0.2) is 0 Å². The number of carbonyl (C=O) groups excluding carboxylic acids is 1. The SMILES string of the molecule is C=C(CC)OCC(COP(C)(=O)OCCNCC(O)(P(=O)(O)O)P(=O)(O)O)OC(=O)CC. The summed E-state index contributed by atoms with van der Waals surface area (Å²) in [5.41, 5.74) is 0. The third-order valence-corrected chi connectivity index (χ3v) is 8.86. The van der Waals surface area contributed by atoms with E-state index in [1.807, 2.05) is 6.92 Å². The molecule has 0 saturated carbocycles. The Balaban J connectivity index is 4.68. The molecule has 0 amide bonds. The lowest BCUT2D eigenvalue weighted by Crippen LogP contribution is -2.41. The van der Waals surface area contributed by atoms with E-state index in [4.69, 9.17) is 38.1 Å². The summed E-state index contributed by atoms with van der Waals surface area (Å²) < 4.78 is 55.6. The summed E-state index contributed by atoms with van der Waals surface area (Å²) in [6, 6.07) is 0. The van der Waals surface area contributed by atoms with Crippen LogP contribution in [-0.2, 0) is 37.0 Å². The molecule has 0 heterocycles. The minimum absolute atomic E-state index is 0.0801. The van der Waals surface area contributed by atoms with Gasteiger partial charge in [-0.3, -0.25) is 18.5 Å². The van der Waals surface area contributed by atoms with Crippen LogP contribution >= 0.6 is 22.8 Å². The zero-order valence-corrected chi connectivity index (χ0v) is 20.8. The molecule has 0 saturated heterocycles. The van der Waals surface area contributed by atoms with E-state index in [0.717, 1.165) is 6.66 Å². The van der Waals surface area contributed by atoms with Gasteiger partial charge in [0, 0.05) is 32.6 Å². The lowest BCUT2D eigenvalue weighted by Gasteiger charge is -2.29. The van der Waals surface area contributed by atoms with Crippen LogP contribution in [0.2, 0.25) is 0 Å². The highest BCUT2D eigenvalue weighted by molar-refractivity contribution is 7.72. The topological polar surface area (TPSA) is 218 Å². The van der Waals surface area contributed by atoms with E-state index in [9.17, 15) is 23.6 Å². The van der Waals surface area contributed by atoms with Crippen LogP contribution < -0.4 is 5.32 Å². The molecule has 2 unspecified atom stereocenters. The second kappa shape index (κ2) is 13.3. The van der Waals surface area contributed by atoms with Crippen molar-refractivity contribution in [1.29, 1.82) is 0 Å². The lowest BCUT2D eigenvalue weighted by atomic mass is 10.4. The minimum atomic E-state index is -5.59. The third-order valence-electron chi connectivity index (χ3n) is 3.85. The molecule has 0 aliphatic heterocycles. The summed E-state index contributed by atoms with van der Waals surface area (Å²) in [6.45, 7) is 5.96. The van der Waals surface area contributed by atoms with Gasteiger partial charge in [0.15, 0.2) is 6.10 Å². The Kier molecular flexibility index (Phi) is 13.1. The molecule has 0 aromatic rings. The highest BCUT2D eigenvalue weighted by Gasteiger charge is 2.59. The quantitative estimate of drug-likeness (QED) is 0.0664. The number of ether oxygens (including phenoxy) is 2. The van der Waals surface area contributed by atoms with Gasteiger partial charge in [0.2, 0.25) is 0 Å². The second-order valence-corrected chi connectivity index (χ2v) is 12.7. The number of hydrogen-bond acceptors (Lipinski definition) is 10. The van der Waals surface area contributed by atoms with Crippen molar-refractivity contribution in [2.24, 2.45) is 0 Å². The number of rotatable bonds is 17. The van der Waals surface area contributed by atoms with Crippen LogP contribution in [0.4, 0.5) is 0 Å². The largest absolute Gasteiger partial charge is 0.495 e. The van der Waals surface area contributed by atoms with Gasteiger partial charge in [0.1, 0.15) is 6.61 Å². The number of nitrogens with one attached hydrogen (secondary N) is 1. The molecule has 32 heavy (non-hydrogen) atoms. The molecule has 17 heteroatoms. The summed E-state index contributed by atoms with van der Waals surface area (Å²) in [7, 11) is -14.9. The number of allylic oxidation sites excluding steroid dienone is 1. The normalized spacial score (nSPS) is 15.6. The van der Waals surface area contributed by atoms with Crippen LogP contribution in [-0.4, -0.2) is 81.4 Å². The molecule has 6 N–H and O–H groups in total. The van der Waals surface area contributed by atoms with Gasteiger partial charge >= 0.3 is 28.8 Å². The smallest absolute Gasteiger partial charge is 0.370 e. The van der Waals surface area contributed by atoms with Crippen molar-refractivity contribution in [2.75, 3.05) is 39.6 Å². The molecule has 2 atom stereocenters. The van der Waals surface area contributed by atoms with E-state index in [0.29, 0.717) is 12.2 Å². The fraction of sp³-hybridized carbons (Fsp3) is 0.800. The number of esters is 1. The Morgan fingerprint density at radius 1 is 1.03 bits per heavy atom. The zero-order chi connectivity index (χ0) is 25.2. The van der Waals surface area contributed by atoms with E-state index >= 15 is 0 Å². The van der Waals surface area contributed by atoms with Gasteiger partial charge in [-0.1, -0.05) is 20.4 Å². The Hall–Kier alpha value is -0.620. The second-order valence-electron chi connectivity index (χ2n) is 6.61. The molecule has 0 aromatic carbocycles. The summed E-state index contributed by atoms with van der Waals surface area (Å²) in [4.78, 5) is 47.7. The van der Waals surface area contributed by atoms with Crippen molar-refractivity contribution in [1.82, 2.24) is 5.32 Å². The number of hydrogen-bond donors (Lipinski definition) is 6. The Morgan fingerprint density at radius 2 is 1.59 bits per heavy atom. The molecule has 14 nitrogen and oxygen atoms in total. The molecule has 0 aliphatic carbocycles. The molecule has 0 fully saturated rings. The van der Waals surface area contributed by atoms with Crippen LogP contribution in [0, 0.1) is 0 Å². The van der Waals surface area contributed by atoms with Crippen LogP contribution in [0.5, 0.6) is 0 Å². The standard InChI is InChI=1S/C15H32NO13P3/c1-5-12(3)26-9-13(29-14(17)6-2)10-28-30(4,19)27-8-7-16-11-15(18,31(20,21)22)32(23,24)25/h13,16,18H,3,5-11H2,1-2,4H3,(H2,20,21,22)(H2,23,24,25). The van der Waals surface area contributed by atoms with Crippen LogP contribution in [0.1, 0.15) is 26.7 Å². The zero-order valence-electron chi connectivity index (χ0n) is 18.1. The van der Waals surface area contributed by atoms with Crippen molar-refractivity contribution in [3.63, 3.8) is 0 Å². The predicted molar refractivity (Wildman–Crippen MR) is 113 cm³/mol. The summed E-state index contributed by atoms with van der Waals surface area (Å²) in [5.74, 6) is -0.0712. The minimum Gasteiger partial charge on any atom is -0.495 e. The molecule has 190 valence electrons. The Bertz CT molecular complexity index is 740. The predicted octanol–water partition coefficient (Wildman–Crippen LogP) is 0.696. The maximum atomic E-state index is 12.4. The third kappa shape index (κ3) is 11.0. The fourth-order valence-corrected chi connectivity index (χ4v) is 4.80. The van der Waals surface area contributed by atoms with Crippen molar-refractivity contribution >= 4 is 28.8 Å². The maximum Gasteiger partial charge on any atom is 0.370 e. The van der Waals surface area contributed by atoms with Gasteiger partial charge in [-0.2, -0.15) is 0 Å². The first kappa shape index (κ1) is 31.4. The average molecular weight is 527 g/mol. The molecule has 0 radical (unpaired) electrons. The highest BCUT2D eigenvalue weighted by atomic mass is 31.2. The summed E-state index contributed by atoms with van der Waals surface area (Å²) in [5, 5.41) is 8.31. The molecule has 0 spiro atoms. The molecule has 0 aromatic heterocycles. The van der Waals surface area contributed by atoms with Crippen molar-refractivity contribution in [3.05, 3.63) is 12.3 Å². The van der Waals surface area contributed by atoms with Crippen LogP contribution in [0.25, 0.3) is 0 Å². The van der Waals surface area contributed by atoms with Gasteiger partial charge < -0.3 is 48.5 Å². The molecular formula is C15H32NO13P3. The first-order valence-electron chi connectivity index (χ1n) is 9.40. The van der Waals surface area contributed by atoms with E-state index in [1.165, 1.54) is 0 Å². The van der Waals surface area contributed by atoms with Crippen molar-refractivity contribution < 1.29 is 61.7 Å². The van der Waals surface area contributed by atoms with E-state index in [-0.39, 0.29) is 32.8 Å². The van der Waals surface area contributed by atoms with E-state index in [1.54, 1.807) is 6.92 Å². The first-order chi connectivity index (χ1) is 14.5. The Labute approximate surface area is 186 Å². The molecule has 0 aliphatic rings. The maximum absolute atomic E-state index is 12.4. The summed E-state index contributed by atoms with van der Waals surface area (Å²) in [6.07, 6.45) is -0.244. The van der Waals surface area contributed by atoms with Gasteiger partial charge in [-0.15, -0.1) is 0 Å². The first-order valence-corrected chi connectivity index (χ1v) is 14.6. The van der Waals surface area contributed by atoms with Crippen molar-refractivity contribution in [2.45, 2.75) is 37.9 Å². The highest BCUT2D eigenvalue weighted by Crippen LogP contribution is 2.66. The number of aliphatic hydroxyl groups is 1. The lowest BCUT2D eigenvalue weighted by molar-refractivity contribution is -0.153. The van der Waals surface area contributed by atoms with Crippen molar-refractivity contribution in [3.8, 4) is 0 Å². The molecule has 0 bridgehead atoms.